The van der Waals surface area contributed by atoms with Gasteiger partial charge in [0.15, 0.2) is 12.4 Å². The SMILES string of the molecule is CC/C=C\C/C=C\C/C=C\CCCCCC(=O)OC(COC(=O)CCCCCCCCC/C=C\CCCCCCCC)COC1OC(CS(=O)(=O)O)C(O)C(O)C1O. The Balaban J connectivity index is 2.46. The number of aliphatic hydroxyl groups excluding tert-OH is 3. The van der Waals surface area contributed by atoms with Gasteiger partial charge in [0, 0.05) is 12.8 Å². The van der Waals surface area contributed by atoms with Gasteiger partial charge in [0.2, 0.25) is 0 Å². The molecule has 13 heteroatoms. The summed E-state index contributed by atoms with van der Waals surface area (Å²) in [4.78, 5) is 25.4. The third-order valence-corrected chi connectivity index (χ3v) is 10.6. The minimum absolute atomic E-state index is 0.127. The van der Waals surface area contributed by atoms with Gasteiger partial charge in [-0.2, -0.15) is 8.42 Å². The Morgan fingerprint density at radius 3 is 1.66 bits per heavy atom. The monoisotopic (exact) mass is 843 g/mol. The van der Waals surface area contributed by atoms with Crippen LogP contribution >= 0.6 is 0 Å². The molecule has 6 atom stereocenters. The van der Waals surface area contributed by atoms with E-state index in [0.717, 1.165) is 64.2 Å². The molecule has 1 rings (SSSR count). The molecule has 336 valence electrons. The number of esters is 2. The summed E-state index contributed by atoms with van der Waals surface area (Å²) < 4.78 is 54.0. The summed E-state index contributed by atoms with van der Waals surface area (Å²) in [6.45, 7) is 3.60. The van der Waals surface area contributed by atoms with Crippen LogP contribution < -0.4 is 0 Å². The maximum Gasteiger partial charge on any atom is 0.306 e. The van der Waals surface area contributed by atoms with Crippen molar-refractivity contribution in [2.75, 3.05) is 19.0 Å². The molecule has 4 N–H and O–H groups in total. The van der Waals surface area contributed by atoms with Gasteiger partial charge in [-0.1, -0.05) is 133 Å². The van der Waals surface area contributed by atoms with E-state index in [4.69, 9.17) is 18.9 Å². The van der Waals surface area contributed by atoms with Crippen LogP contribution in [-0.2, 0) is 38.7 Å². The fourth-order valence-corrected chi connectivity index (χ4v) is 7.14. The second-order valence-electron chi connectivity index (χ2n) is 15.3. The van der Waals surface area contributed by atoms with E-state index in [-0.39, 0.29) is 19.4 Å². The minimum Gasteiger partial charge on any atom is -0.462 e. The van der Waals surface area contributed by atoms with E-state index >= 15 is 0 Å². The van der Waals surface area contributed by atoms with Crippen LogP contribution in [0.4, 0.5) is 0 Å². The van der Waals surface area contributed by atoms with Crippen LogP contribution in [0.15, 0.2) is 48.6 Å². The van der Waals surface area contributed by atoms with E-state index in [1.807, 2.05) is 0 Å². The molecule has 0 bridgehead atoms. The topological polar surface area (TPSA) is 186 Å². The van der Waals surface area contributed by atoms with E-state index in [0.29, 0.717) is 12.8 Å². The second kappa shape index (κ2) is 35.4. The molecular weight excluding hydrogens is 765 g/mol. The summed E-state index contributed by atoms with van der Waals surface area (Å²) >= 11 is 0. The van der Waals surface area contributed by atoms with Crippen molar-refractivity contribution in [1.82, 2.24) is 0 Å². The number of hydrogen-bond acceptors (Lipinski definition) is 11. The highest BCUT2D eigenvalue weighted by Crippen LogP contribution is 2.24. The predicted octanol–water partition coefficient (Wildman–Crippen LogP) is 8.78. The van der Waals surface area contributed by atoms with E-state index in [1.165, 1.54) is 64.2 Å². The quantitative estimate of drug-likeness (QED) is 0.0204. The van der Waals surface area contributed by atoms with E-state index < -0.39 is 71.2 Å². The zero-order valence-corrected chi connectivity index (χ0v) is 36.5. The smallest absolute Gasteiger partial charge is 0.306 e. The van der Waals surface area contributed by atoms with Gasteiger partial charge in [-0.25, -0.2) is 0 Å². The molecule has 0 aromatic heterocycles. The molecule has 1 aliphatic heterocycles. The van der Waals surface area contributed by atoms with E-state index in [1.54, 1.807) is 0 Å². The predicted molar refractivity (Wildman–Crippen MR) is 229 cm³/mol. The highest BCUT2D eigenvalue weighted by Gasteiger charge is 2.46. The van der Waals surface area contributed by atoms with Crippen molar-refractivity contribution in [3.8, 4) is 0 Å². The van der Waals surface area contributed by atoms with Gasteiger partial charge in [-0.3, -0.25) is 14.1 Å². The molecule has 0 aliphatic carbocycles. The fraction of sp³-hybridized carbons (Fsp3) is 0.778. The van der Waals surface area contributed by atoms with Gasteiger partial charge in [0.05, 0.1) is 6.61 Å². The Morgan fingerprint density at radius 1 is 0.603 bits per heavy atom. The van der Waals surface area contributed by atoms with Crippen LogP contribution in [-0.4, -0.2) is 96.0 Å². The van der Waals surface area contributed by atoms with Crippen molar-refractivity contribution in [2.24, 2.45) is 0 Å². The number of unbranched alkanes of at least 4 members (excludes halogenated alkanes) is 16. The minimum atomic E-state index is -4.61. The summed E-state index contributed by atoms with van der Waals surface area (Å²) in [6.07, 6.45) is 31.6. The standard InChI is InChI=1S/C45H78O12S/c1-3-5-7-9-11-13-15-17-18-19-20-22-23-25-27-29-31-33-40(46)54-35-38(36-55-45-44(50)43(49)42(48)39(57-45)37-58(51,52)53)56-41(47)34-32-30-28-26-24-21-16-14-12-10-8-6-4-2/h6,8,12,14,17-18,21,24,38-39,42-45,48-50H,3-5,7,9-11,13,15-16,19-20,22-23,25-37H2,1-2H3,(H,51,52,53)/b8-6-,14-12-,18-17-,24-21-. The molecule has 12 nitrogen and oxygen atoms in total. The van der Waals surface area contributed by atoms with Gasteiger partial charge < -0.3 is 34.3 Å². The number of carbonyl (C=O) groups is 2. The molecule has 0 aromatic carbocycles. The lowest BCUT2D eigenvalue weighted by atomic mass is 10.00. The number of carbonyl (C=O) groups excluding carboxylic acids is 2. The third-order valence-electron chi connectivity index (χ3n) is 9.89. The van der Waals surface area contributed by atoms with Gasteiger partial charge >= 0.3 is 11.9 Å². The Hall–Kier alpha value is -2.39. The first-order valence-corrected chi connectivity index (χ1v) is 23.8. The van der Waals surface area contributed by atoms with Crippen molar-refractivity contribution in [3.05, 3.63) is 48.6 Å². The molecule has 1 aliphatic rings. The molecule has 1 heterocycles. The fourth-order valence-electron chi connectivity index (χ4n) is 6.45. The number of allylic oxidation sites excluding steroid dienone is 8. The zero-order valence-electron chi connectivity index (χ0n) is 35.6. The lowest BCUT2D eigenvalue weighted by Crippen LogP contribution is -2.60. The lowest BCUT2D eigenvalue weighted by Gasteiger charge is -2.40. The average molecular weight is 843 g/mol. The number of ether oxygens (including phenoxy) is 4. The molecule has 1 saturated heterocycles. The van der Waals surface area contributed by atoms with Crippen LogP contribution in [0.5, 0.6) is 0 Å². The van der Waals surface area contributed by atoms with Crippen LogP contribution in [0.2, 0.25) is 0 Å². The van der Waals surface area contributed by atoms with E-state index in [2.05, 4.69) is 62.5 Å². The normalized spacial score (nSPS) is 20.8. The number of hydrogen-bond donors (Lipinski definition) is 4. The van der Waals surface area contributed by atoms with Crippen molar-refractivity contribution < 1.29 is 56.8 Å². The second-order valence-corrected chi connectivity index (χ2v) is 16.8. The van der Waals surface area contributed by atoms with Gasteiger partial charge in [0.1, 0.15) is 36.8 Å². The van der Waals surface area contributed by atoms with Crippen LogP contribution in [0.1, 0.15) is 168 Å². The lowest BCUT2D eigenvalue weighted by molar-refractivity contribution is -0.297. The summed E-state index contributed by atoms with van der Waals surface area (Å²) in [5.41, 5.74) is 0. The molecule has 0 saturated carbocycles. The zero-order chi connectivity index (χ0) is 42.7. The van der Waals surface area contributed by atoms with Crippen molar-refractivity contribution in [1.29, 1.82) is 0 Å². The molecule has 58 heavy (non-hydrogen) atoms. The highest BCUT2D eigenvalue weighted by molar-refractivity contribution is 7.85. The molecule has 0 aromatic rings. The van der Waals surface area contributed by atoms with Gasteiger partial charge in [0.25, 0.3) is 10.1 Å². The molecular formula is C45H78O12S. The van der Waals surface area contributed by atoms with E-state index in [9.17, 15) is 37.9 Å². The van der Waals surface area contributed by atoms with Crippen molar-refractivity contribution in [2.45, 2.75) is 205 Å². The Kier molecular flexibility index (Phi) is 32.7. The van der Waals surface area contributed by atoms with Crippen LogP contribution in [0.3, 0.4) is 0 Å². The summed E-state index contributed by atoms with van der Waals surface area (Å²) in [5.74, 6) is -2.03. The molecule has 0 radical (unpaired) electrons. The first kappa shape index (κ1) is 53.6. The number of rotatable bonds is 36. The highest BCUT2D eigenvalue weighted by atomic mass is 32.2. The molecule has 1 fully saturated rings. The number of aliphatic hydroxyl groups is 3. The van der Waals surface area contributed by atoms with Crippen LogP contribution in [0.25, 0.3) is 0 Å². The largest absolute Gasteiger partial charge is 0.462 e. The van der Waals surface area contributed by atoms with Crippen LogP contribution in [0, 0.1) is 0 Å². The van der Waals surface area contributed by atoms with Gasteiger partial charge in [-0.15, -0.1) is 0 Å². The van der Waals surface area contributed by atoms with Crippen molar-refractivity contribution >= 4 is 22.1 Å². The maximum absolute atomic E-state index is 12.8. The summed E-state index contributed by atoms with van der Waals surface area (Å²) in [6, 6.07) is 0. The Labute approximate surface area is 350 Å². The first-order chi connectivity index (χ1) is 28.0. The third kappa shape index (κ3) is 29.8. The summed E-state index contributed by atoms with van der Waals surface area (Å²) in [5, 5.41) is 30.8. The summed E-state index contributed by atoms with van der Waals surface area (Å²) in [7, 11) is -4.61. The average Bonchev–Trinajstić information content (AvgIpc) is 3.18. The maximum atomic E-state index is 12.8. The van der Waals surface area contributed by atoms with Gasteiger partial charge in [-0.05, 0) is 70.6 Å². The molecule has 0 amide bonds. The molecule has 6 unspecified atom stereocenters. The molecule has 0 spiro atoms. The first-order valence-electron chi connectivity index (χ1n) is 22.2. The Bertz CT molecular complexity index is 1260. The van der Waals surface area contributed by atoms with Crippen molar-refractivity contribution in [3.63, 3.8) is 0 Å². The Morgan fingerprint density at radius 2 is 1.09 bits per heavy atom.